The summed E-state index contributed by atoms with van der Waals surface area (Å²) < 4.78 is 5.33. The number of hydrogen-bond acceptors (Lipinski definition) is 4. The number of rotatable bonds is 8. The van der Waals surface area contributed by atoms with E-state index in [1.807, 2.05) is 19.1 Å². The molecule has 110 valence electrons. The molecule has 0 heterocycles. The largest absolute Gasteiger partial charge is 0.484 e. The third-order valence-corrected chi connectivity index (χ3v) is 2.69. The van der Waals surface area contributed by atoms with Crippen molar-refractivity contribution in [2.24, 2.45) is 0 Å². The highest BCUT2D eigenvalue weighted by molar-refractivity contribution is 5.77. The van der Waals surface area contributed by atoms with Crippen LogP contribution in [0.5, 0.6) is 5.75 Å². The normalized spacial score (nSPS) is 11.5. The van der Waals surface area contributed by atoms with Crippen molar-refractivity contribution in [3.8, 4) is 5.75 Å². The van der Waals surface area contributed by atoms with Gasteiger partial charge >= 0.3 is 5.97 Å². The van der Waals surface area contributed by atoms with Crippen LogP contribution in [-0.2, 0) is 9.59 Å². The van der Waals surface area contributed by atoms with Crippen LogP contribution in [0.15, 0.2) is 24.3 Å². The maximum absolute atomic E-state index is 11.1. The number of carbonyl (C=O) groups is 2. The molecule has 1 atom stereocenters. The zero-order valence-corrected chi connectivity index (χ0v) is 11.7. The van der Waals surface area contributed by atoms with E-state index in [2.05, 4.69) is 10.6 Å². The zero-order chi connectivity index (χ0) is 15.0. The van der Waals surface area contributed by atoms with Gasteiger partial charge in [-0.25, -0.2) is 0 Å². The summed E-state index contributed by atoms with van der Waals surface area (Å²) in [4.78, 5) is 21.6. The van der Waals surface area contributed by atoms with Crippen molar-refractivity contribution in [2.45, 2.75) is 25.8 Å². The molecular formula is C14H20N2O4. The van der Waals surface area contributed by atoms with Crippen molar-refractivity contribution in [1.29, 1.82) is 0 Å². The smallest absolute Gasteiger partial charge is 0.303 e. The van der Waals surface area contributed by atoms with Gasteiger partial charge in [-0.1, -0.05) is 6.07 Å². The maximum Gasteiger partial charge on any atom is 0.303 e. The summed E-state index contributed by atoms with van der Waals surface area (Å²) in [5, 5.41) is 14.3. The van der Waals surface area contributed by atoms with Gasteiger partial charge in [0, 0.05) is 31.3 Å². The van der Waals surface area contributed by atoms with E-state index in [0.29, 0.717) is 12.2 Å². The number of carbonyl (C=O) groups excluding carboxylic acids is 1. The van der Waals surface area contributed by atoms with Gasteiger partial charge in [0.2, 0.25) is 0 Å². The third-order valence-electron chi connectivity index (χ3n) is 2.69. The van der Waals surface area contributed by atoms with Crippen molar-refractivity contribution < 1.29 is 19.4 Å². The lowest BCUT2D eigenvalue weighted by molar-refractivity contribution is -0.137. The summed E-state index contributed by atoms with van der Waals surface area (Å²) in [5.41, 5.74) is 0.831. The highest BCUT2D eigenvalue weighted by Crippen LogP contribution is 2.18. The number of nitrogens with one attached hydrogen (secondary N) is 2. The van der Waals surface area contributed by atoms with Crippen molar-refractivity contribution >= 4 is 17.6 Å². The second-order valence-electron chi connectivity index (χ2n) is 4.47. The lowest BCUT2D eigenvalue weighted by Crippen LogP contribution is -2.24. The van der Waals surface area contributed by atoms with E-state index in [4.69, 9.17) is 9.84 Å². The molecular weight excluding hydrogens is 260 g/mol. The molecule has 0 fully saturated rings. The van der Waals surface area contributed by atoms with Gasteiger partial charge in [0.15, 0.2) is 6.61 Å². The molecule has 3 N–H and O–H groups in total. The van der Waals surface area contributed by atoms with Gasteiger partial charge in [-0.3, -0.25) is 9.59 Å². The quantitative estimate of drug-likeness (QED) is 0.671. The lowest BCUT2D eigenvalue weighted by Gasteiger charge is -2.15. The fraction of sp³-hybridized carbons (Fsp3) is 0.429. The molecule has 1 aromatic rings. The van der Waals surface area contributed by atoms with Crippen LogP contribution < -0.4 is 15.4 Å². The van der Waals surface area contributed by atoms with Crippen LogP contribution in [0.3, 0.4) is 0 Å². The summed E-state index contributed by atoms with van der Waals surface area (Å²) in [6.07, 6.45) is 0.666. The predicted octanol–water partition coefficient (Wildman–Crippen LogP) is 1.48. The molecule has 0 aromatic heterocycles. The molecule has 0 aliphatic rings. The molecule has 0 aliphatic heterocycles. The van der Waals surface area contributed by atoms with Gasteiger partial charge < -0.3 is 20.5 Å². The topological polar surface area (TPSA) is 87.7 Å². The van der Waals surface area contributed by atoms with Gasteiger partial charge in [-0.15, -0.1) is 0 Å². The minimum atomic E-state index is -0.804. The molecule has 0 aliphatic carbocycles. The van der Waals surface area contributed by atoms with E-state index in [-0.39, 0.29) is 25.0 Å². The summed E-state index contributed by atoms with van der Waals surface area (Å²) in [5.74, 6) is -0.413. The van der Waals surface area contributed by atoms with Gasteiger partial charge in [-0.2, -0.15) is 0 Å². The number of aliphatic carboxylic acids is 1. The van der Waals surface area contributed by atoms with Crippen molar-refractivity contribution in [1.82, 2.24) is 5.32 Å². The number of amides is 1. The Morgan fingerprint density at radius 2 is 2.15 bits per heavy atom. The fourth-order valence-electron chi connectivity index (χ4n) is 1.59. The summed E-state index contributed by atoms with van der Waals surface area (Å²) in [6.45, 7) is 1.88. The maximum atomic E-state index is 11.1. The number of carboxylic acid groups (broad SMARTS) is 1. The van der Waals surface area contributed by atoms with Crippen LogP contribution >= 0.6 is 0 Å². The van der Waals surface area contributed by atoms with Crippen LogP contribution in [0.2, 0.25) is 0 Å². The molecule has 0 spiro atoms. The van der Waals surface area contributed by atoms with Gasteiger partial charge in [0.05, 0.1) is 0 Å². The van der Waals surface area contributed by atoms with Crippen LogP contribution in [-0.4, -0.2) is 36.7 Å². The first-order chi connectivity index (χ1) is 9.51. The molecule has 1 aromatic carbocycles. The lowest BCUT2D eigenvalue weighted by atomic mass is 10.1. The molecule has 1 amide bonds. The standard InChI is InChI=1S/C14H20N2O4/c1-10(6-7-14(18)19)16-11-4-3-5-12(8-11)20-9-13(17)15-2/h3-5,8,10,16H,6-7,9H2,1-2H3,(H,15,17)(H,18,19). The van der Waals surface area contributed by atoms with Gasteiger partial charge in [0.25, 0.3) is 5.91 Å². The summed E-state index contributed by atoms with van der Waals surface area (Å²) in [7, 11) is 1.55. The van der Waals surface area contributed by atoms with Crippen molar-refractivity contribution in [3.05, 3.63) is 24.3 Å². The Balaban J connectivity index is 2.50. The molecule has 6 nitrogen and oxygen atoms in total. The number of likely N-dealkylation sites (N-methyl/N-ethyl adjacent to an activating group) is 1. The van der Waals surface area contributed by atoms with E-state index in [1.54, 1.807) is 19.2 Å². The minimum absolute atomic E-state index is 0.0332. The minimum Gasteiger partial charge on any atom is -0.484 e. The van der Waals surface area contributed by atoms with E-state index in [0.717, 1.165) is 5.69 Å². The van der Waals surface area contributed by atoms with Crippen molar-refractivity contribution in [2.75, 3.05) is 19.0 Å². The summed E-state index contributed by atoms with van der Waals surface area (Å²) >= 11 is 0. The van der Waals surface area contributed by atoms with Crippen LogP contribution in [0.25, 0.3) is 0 Å². The molecule has 0 bridgehead atoms. The second kappa shape index (κ2) is 8.04. The Kier molecular flexibility index (Phi) is 6.36. The van der Waals surface area contributed by atoms with Crippen molar-refractivity contribution in [3.63, 3.8) is 0 Å². The first-order valence-corrected chi connectivity index (χ1v) is 6.43. The van der Waals surface area contributed by atoms with Crippen LogP contribution in [0.4, 0.5) is 5.69 Å². The molecule has 0 saturated heterocycles. The third kappa shape index (κ3) is 6.08. The van der Waals surface area contributed by atoms with E-state index >= 15 is 0 Å². The second-order valence-corrected chi connectivity index (χ2v) is 4.47. The van der Waals surface area contributed by atoms with Gasteiger partial charge in [0.1, 0.15) is 5.75 Å². The Labute approximate surface area is 118 Å². The number of carboxylic acids is 1. The number of ether oxygens (including phenoxy) is 1. The number of benzene rings is 1. The van der Waals surface area contributed by atoms with E-state index in [9.17, 15) is 9.59 Å². The summed E-state index contributed by atoms with van der Waals surface area (Å²) in [6, 6.07) is 7.26. The molecule has 0 saturated carbocycles. The highest BCUT2D eigenvalue weighted by atomic mass is 16.5. The molecule has 1 rings (SSSR count). The number of anilines is 1. The average molecular weight is 280 g/mol. The van der Waals surface area contributed by atoms with E-state index in [1.165, 1.54) is 0 Å². The zero-order valence-electron chi connectivity index (χ0n) is 11.7. The monoisotopic (exact) mass is 280 g/mol. The van der Waals surface area contributed by atoms with E-state index < -0.39 is 5.97 Å². The predicted molar refractivity (Wildman–Crippen MR) is 76.0 cm³/mol. The molecule has 6 heteroatoms. The Morgan fingerprint density at radius 3 is 2.80 bits per heavy atom. The van der Waals surface area contributed by atoms with Crippen LogP contribution in [0.1, 0.15) is 19.8 Å². The Morgan fingerprint density at radius 1 is 1.40 bits per heavy atom. The first-order valence-electron chi connectivity index (χ1n) is 6.43. The number of hydrogen-bond donors (Lipinski definition) is 3. The Bertz CT molecular complexity index is 462. The molecule has 1 unspecified atom stereocenters. The molecule has 20 heavy (non-hydrogen) atoms. The fourth-order valence-corrected chi connectivity index (χ4v) is 1.59. The molecule has 0 radical (unpaired) electrons. The Hall–Kier alpha value is -2.24. The first kappa shape index (κ1) is 15.8. The highest BCUT2D eigenvalue weighted by Gasteiger charge is 2.06. The van der Waals surface area contributed by atoms with Gasteiger partial charge in [-0.05, 0) is 25.5 Å². The van der Waals surface area contributed by atoms with Crippen LogP contribution in [0, 0.1) is 0 Å². The average Bonchev–Trinajstić information content (AvgIpc) is 2.43. The SMILES string of the molecule is CNC(=O)COc1cccc(NC(C)CCC(=O)O)c1.